The van der Waals surface area contributed by atoms with Crippen molar-refractivity contribution >= 4 is 144 Å². The third-order valence-corrected chi connectivity index (χ3v) is 23.8. The van der Waals surface area contributed by atoms with Crippen molar-refractivity contribution in [1.29, 1.82) is 15.8 Å². The van der Waals surface area contributed by atoms with Crippen LogP contribution in [0.1, 0.15) is 52.6 Å². The van der Waals surface area contributed by atoms with Crippen molar-refractivity contribution in [3.05, 3.63) is 379 Å². The average Bonchev–Trinajstić information content (AvgIpc) is 0.788. The van der Waals surface area contributed by atoms with Crippen LogP contribution in [-0.4, -0.2) is 74.6 Å². The molecule has 5 aliphatic heterocycles. The fourth-order valence-corrected chi connectivity index (χ4v) is 17.6. The van der Waals surface area contributed by atoms with Gasteiger partial charge in [0.1, 0.15) is 72.3 Å². The van der Waals surface area contributed by atoms with Crippen LogP contribution >= 0.6 is 0 Å². The first-order chi connectivity index (χ1) is 62.7. The molecule has 0 radical (unpaired) electrons. The number of benzene rings is 13. The zero-order valence-corrected chi connectivity index (χ0v) is 70.3. The topological polar surface area (TPSA) is 247 Å². The van der Waals surface area contributed by atoms with Crippen LogP contribution in [0.25, 0.3) is 121 Å². The van der Waals surface area contributed by atoms with Gasteiger partial charge in [0.2, 0.25) is 0 Å². The molecular formula is C110H84N14O4+2. The molecule has 8 N–H and O–H groups in total. The molecule has 2 unspecified atom stereocenters. The summed E-state index contributed by atoms with van der Waals surface area (Å²) in [5, 5.41) is 77.0. The summed E-state index contributed by atoms with van der Waals surface area (Å²) in [5.74, 6) is 10.6. The predicted molar refractivity (Wildman–Crippen MR) is 507 cm³/mol. The number of hydrogen-bond acceptors (Lipinski definition) is 15. The quantitative estimate of drug-likeness (QED) is 0.0265. The number of terminal acetylenes is 3. The highest BCUT2D eigenvalue weighted by atomic mass is 16.2. The summed E-state index contributed by atoms with van der Waals surface area (Å²) in [4.78, 5) is 50.9. The van der Waals surface area contributed by atoms with Gasteiger partial charge in [-0.3, -0.25) is 24.1 Å². The van der Waals surface area contributed by atoms with Crippen LogP contribution in [0.2, 0.25) is 0 Å². The molecule has 7 heterocycles. The highest BCUT2D eigenvalue weighted by molar-refractivity contribution is 6.38. The second-order valence-electron chi connectivity index (χ2n) is 31.2. The maximum absolute atomic E-state index is 12.7. The second kappa shape index (κ2) is 36.6. The first-order valence-electron chi connectivity index (χ1n) is 41.9. The van der Waals surface area contributed by atoms with Crippen LogP contribution in [0.15, 0.2) is 304 Å². The summed E-state index contributed by atoms with van der Waals surface area (Å²) in [7, 11) is 5.63. The molecule has 3 fully saturated rings. The Morgan fingerprint density at radius 2 is 0.789 bits per heavy atom. The largest absolute Gasteiger partial charge is 0.370 e. The number of aryl methyl sites for hydroxylation is 2. The molecular weight excluding hydrogens is 1580 g/mol. The lowest BCUT2D eigenvalue weighted by atomic mass is 9.72. The molecule has 2 aromatic heterocycles. The van der Waals surface area contributed by atoms with Crippen LogP contribution in [-0.2, 0) is 14.1 Å². The normalized spacial score (nSPS) is 15.3. The number of nitriles is 3. The van der Waals surface area contributed by atoms with Crippen molar-refractivity contribution in [2.24, 2.45) is 25.9 Å². The Kier molecular flexibility index (Phi) is 23.7. The monoisotopic (exact) mass is 1660 g/mol. The minimum absolute atomic E-state index is 0.0563. The number of carbonyl (C=O) groups excluding carboxylic acids is 4. The standard InChI is InChI=1S/C23H13NO2.C22H23N4.C21H15N3.C17H13N3.C14H10O2.C13H9N3/c1-24-22(25)17-10-8-15-13-6-2-4-12-5-3-7-14(19(12)13)16-9-11-18(23(24)26)21(17)20(15)16;1-25-13-7-18(8-14-25)21(19-9-15-26(2)16-10-19)17-3-5-20(6-4-17)22-23-11-12-24-22;1-2-14(13-22)19-15-7-3-5-9-17(15)20(21-23-11-12-24-21)18-10-6-4-8-16(18)19;1-2-12(11-18)13-7-8-16(17-19-9-10-20-17)15-6-4-3-5-14(13)15;15-13-9-5-1-2-6-10(9)14(16)12-8-4-3-7-11(12)13;1-2-10(9-14)11-3-5-12(6-4-11)13-15-7-8-16-13/h2-11H,1H3;3-10,13-16H,11-12H2,1-2H3,(H,23,24);1,3-10,23-24H,11-12H2;1,3-8,19-20H,9-10H2;1-10H;1,3-8,15-16H/q;+1;;;;/p+1/b;;;13-12+;;. The van der Waals surface area contributed by atoms with Crippen LogP contribution < -0.4 is 93.4 Å². The molecule has 128 heavy (non-hydrogen) atoms. The maximum Gasteiger partial charge on any atom is 0.261 e. The number of imide groups is 1. The third kappa shape index (κ3) is 15.9. The number of ketones is 2. The van der Waals surface area contributed by atoms with Crippen molar-refractivity contribution in [2.45, 2.75) is 0 Å². The summed E-state index contributed by atoms with van der Waals surface area (Å²) in [6.45, 7) is 5.61. The third-order valence-electron chi connectivity index (χ3n) is 23.8. The van der Waals surface area contributed by atoms with Gasteiger partial charge in [0.25, 0.3) is 11.8 Å². The number of nitrogens with zero attached hydrogens (tertiary/aromatic N) is 6. The van der Waals surface area contributed by atoms with Crippen LogP contribution in [0.3, 0.4) is 0 Å². The average molecular weight is 1670 g/mol. The Labute approximate surface area is 738 Å². The van der Waals surface area contributed by atoms with Crippen LogP contribution in [0.4, 0.5) is 0 Å². The Balaban J connectivity index is 0.000000109. The number of amides is 2. The van der Waals surface area contributed by atoms with Crippen molar-refractivity contribution in [1.82, 2.24) is 47.4 Å². The van der Waals surface area contributed by atoms with Gasteiger partial charge in [-0.2, -0.15) is 15.8 Å². The Bertz CT molecular complexity index is 7740. The first-order valence-corrected chi connectivity index (χ1v) is 41.9. The maximum atomic E-state index is 12.7. The number of fused-ring (bicyclic) bond motifs is 7. The molecule has 0 saturated carbocycles. The van der Waals surface area contributed by atoms with Crippen molar-refractivity contribution in [3.63, 3.8) is 0 Å². The molecule has 15 aromatic rings. The summed E-state index contributed by atoms with van der Waals surface area (Å²) < 4.78 is 4.12. The zero-order chi connectivity index (χ0) is 88.5. The molecule has 18 nitrogen and oxygen atoms in total. The number of allylic oxidation sites excluding steroid dienone is 4. The van der Waals surface area contributed by atoms with E-state index in [4.69, 9.17) is 29.8 Å². The number of hydrogen-bond donors (Lipinski definition) is 8. The molecule has 18 heteroatoms. The Morgan fingerprint density at radius 1 is 0.375 bits per heavy atom. The summed E-state index contributed by atoms with van der Waals surface area (Å²) in [6, 6.07) is 86.8. The van der Waals surface area contributed by atoms with E-state index in [1.807, 2.05) is 178 Å². The van der Waals surface area contributed by atoms with Crippen molar-refractivity contribution in [3.8, 4) is 55.2 Å². The number of Topliss-reactive ketones (excluding diaryl/α,β-unsaturated/α-hetero) is 2. The molecule has 0 spiro atoms. The number of pyridine rings is 2. The van der Waals surface area contributed by atoms with E-state index < -0.39 is 0 Å². The van der Waals surface area contributed by atoms with Crippen LogP contribution in [0, 0.1) is 82.9 Å². The Morgan fingerprint density at radius 3 is 1.27 bits per heavy atom. The zero-order valence-electron chi connectivity index (χ0n) is 70.3. The van der Waals surface area contributed by atoms with E-state index in [0.717, 1.165) is 158 Å². The highest BCUT2D eigenvalue weighted by Crippen LogP contribution is 2.44. The molecule has 7 aliphatic rings. The van der Waals surface area contributed by atoms with E-state index in [-0.39, 0.29) is 35.2 Å². The molecule has 13 aromatic carbocycles. The van der Waals surface area contributed by atoms with E-state index in [0.29, 0.717) is 39.0 Å². The van der Waals surface area contributed by atoms with E-state index in [9.17, 15) is 24.4 Å². The van der Waals surface area contributed by atoms with E-state index >= 15 is 0 Å². The minimum Gasteiger partial charge on any atom is -0.370 e. The number of nitrogens with one attached hydrogen (secondary N) is 8. The van der Waals surface area contributed by atoms with Gasteiger partial charge < -0.3 is 42.5 Å². The van der Waals surface area contributed by atoms with Gasteiger partial charge in [-0.15, -0.1) is 19.3 Å². The van der Waals surface area contributed by atoms with Crippen molar-refractivity contribution in [2.75, 3.05) is 46.3 Å². The minimum atomic E-state index is -0.299. The van der Waals surface area contributed by atoms with Gasteiger partial charge in [-0.25, -0.2) is 9.13 Å². The number of carbonyl (C=O) groups is 4. The van der Waals surface area contributed by atoms with Gasteiger partial charge in [-0.05, 0) is 104 Å². The summed E-state index contributed by atoms with van der Waals surface area (Å²) in [6.07, 6.45) is 35.6. The molecule has 2 atom stereocenters. The van der Waals surface area contributed by atoms with E-state index in [2.05, 4.69) is 203 Å². The Hall–Kier alpha value is -17.6. The van der Waals surface area contributed by atoms with Gasteiger partial charge in [0, 0.05) is 147 Å². The fraction of sp³-hybridized carbons (Fsp3) is 0.100. The highest BCUT2D eigenvalue weighted by Gasteiger charge is 2.39. The number of rotatable bonds is 2. The van der Waals surface area contributed by atoms with Gasteiger partial charge in [0.15, 0.2) is 36.4 Å². The van der Waals surface area contributed by atoms with Gasteiger partial charge >= 0.3 is 0 Å². The molecule has 0 bridgehead atoms. The number of aromatic nitrogens is 2. The molecule has 2 aliphatic carbocycles. The summed E-state index contributed by atoms with van der Waals surface area (Å²) in [5.41, 5.74) is 7.10. The first kappa shape index (κ1) is 82.7. The van der Waals surface area contributed by atoms with Crippen molar-refractivity contribution < 1.29 is 28.3 Å². The van der Waals surface area contributed by atoms with Gasteiger partial charge in [-0.1, -0.05) is 248 Å². The second-order valence-corrected chi connectivity index (χ2v) is 31.2. The van der Waals surface area contributed by atoms with E-state index in [1.54, 1.807) is 31.3 Å². The molecule has 2 amide bonds. The van der Waals surface area contributed by atoms with Gasteiger partial charge in [0.05, 0.1) is 11.8 Å². The molecule has 22 rings (SSSR count). The fourth-order valence-electron chi connectivity index (χ4n) is 17.6. The predicted octanol–water partition coefficient (Wildman–Crippen LogP) is 8.92. The smallest absolute Gasteiger partial charge is 0.261 e. The molecule has 616 valence electrons. The summed E-state index contributed by atoms with van der Waals surface area (Å²) >= 11 is 0. The lowest BCUT2D eigenvalue weighted by Gasteiger charge is -2.28. The SMILES string of the molecule is C#C/C(C#N)=c1/ccc(=C2NCCN2)c2ccccc12.C#CC(C#N)=c1c2ccccc2c(=C2NCCN2)c2ccccc12.C#CC(C#N)=c1ccc(=C2NC=CN2)cc1.CN1C(=O)c2ccc3c4cccc5cccc(c6ccc(c2c36)C1=O)c54.C[n+]1ccc(C(c2cc[n+](C)cc2)=c2ccc(=C3NCCN3)cc2)cc1.O=C1c2ccccc2C(=O)C2C=CC=CC12. The lowest BCUT2D eigenvalue weighted by molar-refractivity contribution is -0.671. The molecule has 3 saturated heterocycles. The van der Waals surface area contributed by atoms with E-state index in [1.165, 1.54) is 42.8 Å². The lowest BCUT2D eigenvalue weighted by Crippen LogP contribution is -2.36. The van der Waals surface area contributed by atoms with Crippen LogP contribution in [0.5, 0.6) is 0 Å².